The first-order valence-electron chi connectivity index (χ1n) is 5.68. The van der Waals surface area contributed by atoms with Crippen LogP contribution in [0.5, 0.6) is 5.75 Å². The highest BCUT2D eigenvalue weighted by atomic mass is 79.9. The van der Waals surface area contributed by atoms with Gasteiger partial charge in [-0.25, -0.2) is 4.39 Å². The summed E-state index contributed by atoms with van der Waals surface area (Å²) in [4.78, 5) is 0. The summed E-state index contributed by atoms with van der Waals surface area (Å²) in [6.07, 6.45) is -0.534. The van der Waals surface area contributed by atoms with Crippen LogP contribution in [-0.4, -0.2) is 6.54 Å². The van der Waals surface area contributed by atoms with E-state index in [1.807, 2.05) is 24.3 Å². The van der Waals surface area contributed by atoms with Gasteiger partial charge in [0.15, 0.2) is 11.6 Å². The number of halogens is 3. The zero-order chi connectivity index (χ0) is 13.8. The fourth-order valence-corrected chi connectivity index (χ4v) is 2.10. The Morgan fingerprint density at radius 2 is 1.89 bits per heavy atom. The van der Waals surface area contributed by atoms with E-state index in [9.17, 15) is 8.78 Å². The van der Waals surface area contributed by atoms with Crippen LogP contribution in [0, 0.1) is 11.6 Å². The second kappa shape index (κ2) is 6.12. The van der Waals surface area contributed by atoms with Crippen molar-refractivity contribution in [2.45, 2.75) is 6.10 Å². The maximum Gasteiger partial charge on any atom is 0.200 e. The molecule has 100 valence electrons. The molecule has 2 nitrogen and oxygen atoms in total. The maximum absolute atomic E-state index is 13.5. The third-order valence-corrected chi connectivity index (χ3v) is 3.11. The summed E-state index contributed by atoms with van der Waals surface area (Å²) in [6.45, 7) is 0.159. The molecule has 0 bridgehead atoms. The van der Waals surface area contributed by atoms with Gasteiger partial charge in [-0.3, -0.25) is 0 Å². The van der Waals surface area contributed by atoms with Crippen molar-refractivity contribution in [1.29, 1.82) is 0 Å². The summed E-state index contributed by atoms with van der Waals surface area (Å²) < 4.78 is 33.0. The van der Waals surface area contributed by atoms with Gasteiger partial charge in [-0.1, -0.05) is 34.1 Å². The van der Waals surface area contributed by atoms with Gasteiger partial charge in [-0.05, 0) is 29.8 Å². The van der Waals surface area contributed by atoms with Gasteiger partial charge in [-0.2, -0.15) is 4.39 Å². The molecule has 0 aromatic heterocycles. The molecule has 0 amide bonds. The Kier molecular flexibility index (Phi) is 4.50. The van der Waals surface area contributed by atoms with Gasteiger partial charge in [0, 0.05) is 11.0 Å². The smallest absolute Gasteiger partial charge is 0.200 e. The van der Waals surface area contributed by atoms with Crippen LogP contribution in [0.4, 0.5) is 8.78 Å². The predicted octanol–water partition coefficient (Wildman–Crippen LogP) is 3.81. The Balaban J connectivity index is 2.26. The lowest BCUT2D eigenvalue weighted by molar-refractivity contribution is 0.202. The van der Waals surface area contributed by atoms with E-state index in [-0.39, 0.29) is 12.3 Å². The van der Waals surface area contributed by atoms with E-state index in [1.165, 1.54) is 12.1 Å². The third kappa shape index (κ3) is 3.30. The first-order chi connectivity index (χ1) is 9.11. The molecule has 19 heavy (non-hydrogen) atoms. The second-order valence-electron chi connectivity index (χ2n) is 3.95. The SMILES string of the molecule is NCC(Oc1cccc(F)c1F)c1cccc(Br)c1. The zero-order valence-electron chi connectivity index (χ0n) is 9.95. The van der Waals surface area contributed by atoms with Crippen molar-refractivity contribution in [2.24, 2.45) is 5.73 Å². The quantitative estimate of drug-likeness (QED) is 0.926. The average molecular weight is 328 g/mol. The van der Waals surface area contributed by atoms with Crippen LogP contribution in [0.15, 0.2) is 46.9 Å². The summed E-state index contributed by atoms with van der Waals surface area (Å²) in [5, 5.41) is 0. The van der Waals surface area contributed by atoms with Crippen molar-refractivity contribution in [2.75, 3.05) is 6.54 Å². The van der Waals surface area contributed by atoms with Crippen LogP contribution in [-0.2, 0) is 0 Å². The lowest BCUT2D eigenvalue weighted by atomic mass is 10.1. The van der Waals surface area contributed by atoms with Crippen LogP contribution in [0.1, 0.15) is 11.7 Å². The molecule has 0 saturated carbocycles. The normalized spacial score (nSPS) is 12.2. The van der Waals surface area contributed by atoms with Crippen LogP contribution in [0.2, 0.25) is 0 Å². The molecule has 0 aliphatic rings. The molecule has 2 aromatic carbocycles. The summed E-state index contributed by atoms with van der Waals surface area (Å²) in [5.41, 5.74) is 6.43. The highest BCUT2D eigenvalue weighted by Gasteiger charge is 2.16. The van der Waals surface area contributed by atoms with E-state index >= 15 is 0 Å². The molecule has 0 spiro atoms. The molecule has 0 radical (unpaired) electrons. The fourth-order valence-electron chi connectivity index (χ4n) is 1.69. The van der Waals surface area contributed by atoms with E-state index < -0.39 is 17.7 Å². The molecule has 0 aliphatic heterocycles. The minimum Gasteiger partial charge on any atom is -0.481 e. The average Bonchev–Trinajstić information content (AvgIpc) is 2.40. The van der Waals surface area contributed by atoms with Gasteiger partial charge in [-0.15, -0.1) is 0 Å². The second-order valence-corrected chi connectivity index (χ2v) is 4.86. The van der Waals surface area contributed by atoms with Crippen molar-refractivity contribution in [3.8, 4) is 5.75 Å². The zero-order valence-corrected chi connectivity index (χ0v) is 11.5. The molecule has 0 saturated heterocycles. The van der Waals surface area contributed by atoms with Crippen molar-refractivity contribution in [3.05, 3.63) is 64.1 Å². The summed E-state index contributed by atoms with van der Waals surface area (Å²) in [7, 11) is 0. The minimum absolute atomic E-state index is 0.143. The number of rotatable bonds is 4. The lowest BCUT2D eigenvalue weighted by Gasteiger charge is -2.18. The standard InChI is InChI=1S/C14H12BrF2NO/c15-10-4-1-3-9(7-10)13(8-18)19-12-6-2-5-11(16)14(12)17/h1-7,13H,8,18H2. The highest BCUT2D eigenvalue weighted by molar-refractivity contribution is 9.10. The van der Waals surface area contributed by atoms with E-state index in [4.69, 9.17) is 10.5 Å². The highest BCUT2D eigenvalue weighted by Crippen LogP contribution is 2.26. The fraction of sp³-hybridized carbons (Fsp3) is 0.143. The Hall–Kier alpha value is -1.46. The monoisotopic (exact) mass is 327 g/mol. The summed E-state index contributed by atoms with van der Waals surface area (Å²) in [6, 6.07) is 11.1. The van der Waals surface area contributed by atoms with Crippen molar-refractivity contribution >= 4 is 15.9 Å². The molecule has 2 aromatic rings. The first-order valence-corrected chi connectivity index (χ1v) is 6.47. The molecule has 0 heterocycles. The van der Waals surface area contributed by atoms with Gasteiger partial charge in [0.05, 0.1) is 0 Å². The van der Waals surface area contributed by atoms with Gasteiger partial charge in [0.2, 0.25) is 5.82 Å². The van der Waals surface area contributed by atoms with E-state index in [1.54, 1.807) is 0 Å². The Morgan fingerprint density at radius 3 is 2.58 bits per heavy atom. The molecule has 1 atom stereocenters. The lowest BCUT2D eigenvalue weighted by Crippen LogP contribution is -2.19. The van der Waals surface area contributed by atoms with Crippen molar-refractivity contribution in [3.63, 3.8) is 0 Å². The minimum atomic E-state index is -1.00. The molecular formula is C14H12BrF2NO. The van der Waals surface area contributed by atoms with E-state index in [0.717, 1.165) is 16.1 Å². The molecule has 2 rings (SSSR count). The van der Waals surface area contributed by atoms with Crippen LogP contribution >= 0.6 is 15.9 Å². The first kappa shape index (κ1) is 14.0. The molecule has 2 N–H and O–H groups in total. The van der Waals surface area contributed by atoms with Gasteiger partial charge in [0.1, 0.15) is 6.10 Å². The number of benzene rings is 2. The molecular weight excluding hydrogens is 316 g/mol. The predicted molar refractivity (Wildman–Crippen MR) is 72.9 cm³/mol. The maximum atomic E-state index is 13.5. The summed E-state index contributed by atoms with van der Waals surface area (Å²) >= 11 is 3.34. The Morgan fingerprint density at radius 1 is 1.16 bits per heavy atom. The molecule has 1 unspecified atom stereocenters. The molecule has 0 aliphatic carbocycles. The Bertz CT molecular complexity index is 577. The van der Waals surface area contributed by atoms with Gasteiger partial charge in [0.25, 0.3) is 0 Å². The van der Waals surface area contributed by atoms with E-state index in [0.29, 0.717) is 0 Å². The molecule has 0 fully saturated rings. The Labute approximate surface area is 118 Å². The van der Waals surface area contributed by atoms with Crippen LogP contribution < -0.4 is 10.5 Å². The largest absolute Gasteiger partial charge is 0.481 e. The van der Waals surface area contributed by atoms with Crippen LogP contribution in [0.25, 0.3) is 0 Å². The number of ether oxygens (including phenoxy) is 1. The molecule has 5 heteroatoms. The number of nitrogens with two attached hydrogens (primary N) is 1. The van der Waals surface area contributed by atoms with E-state index in [2.05, 4.69) is 15.9 Å². The summed E-state index contributed by atoms with van der Waals surface area (Å²) in [5.74, 6) is -2.09. The number of hydrogen-bond donors (Lipinski definition) is 1. The van der Waals surface area contributed by atoms with Crippen LogP contribution in [0.3, 0.4) is 0 Å². The van der Waals surface area contributed by atoms with Crippen molar-refractivity contribution < 1.29 is 13.5 Å². The van der Waals surface area contributed by atoms with Gasteiger partial charge < -0.3 is 10.5 Å². The van der Waals surface area contributed by atoms with Crippen molar-refractivity contribution in [1.82, 2.24) is 0 Å². The van der Waals surface area contributed by atoms with Gasteiger partial charge >= 0.3 is 0 Å². The topological polar surface area (TPSA) is 35.2 Å². The number of hydrogen-bond acceptors (Lipinski definition) is 2. The third-order valence-electron chi connectivity index (χ3n) is 2.62.